The summed E-state index contributed by atoms with van der Waals surface area (Å²) in [6.07, 6.45) is 4.04. The molecule has 0 bridgehead atoms. The van der Waals surface area contributed by atoms with Gasteiger partial charge in [0.15, 0.2) is 0 Å². The normalized spacial score (nSPS) is 14.5. The van der Waals surface area contributed by atoms with E-state index in [2.05, 4.69) is 51.0 Å². The molecule has 0 spiro atoms. The smallest absolute Gasteiger partial charge is 0.254 e. The van der Waals surface area contributed by atoms with Crippen LogP contribution in [0.1, 0.15) is 28.8 Å². The van der Waals surface area contributed by atoms with Gasteiger partial charge in [0.25, 0.3) is 5.56 Å². The molecule has 0 unspecified atom stereocenters. The Bertz CT molecular complexity index is 1130. The lowest BCUT2D eigenvalue weighted by molar-refractivity contribution is -0.133. The van der Waals surface area contributed by atoms with Crippen molar-refractivity contribution in [2.45, 2.75) is 33.2 Å². The third-order valence-corrected chi connectivity index (χ3v) is 6.15. The summed E-state index contributed by atoms with van der Waals surface area (Å²) in [7, 11) is 0. The fourth-order valence-corrected chi connectivity index (χ4v) is 4.13. The van der Waals surface area contributed by atoms with Crippen LogP contribution in [-0.2, 0) is 17.8 Å². The second-order valence-electron chi connectivity index (χ2n) is 8.30. The van der Waals surface area contributed by atoms with Crippen molar-refractivity contribution in [1.29, 1.82) is 0 Å². The second-order valence-corrected chi connectivity index (χ2v) is 8.30. The zero-order chi connectivity index (χ0) is 22.5. The maximum absolute atomic E-state index is 12.8. The Morgan fingerprint density at radius 3 is 2.44 bits per heavy atom. The molecule has 4 rings (SSSR count). The highest BCUT2D eigenvalue weighted by Crippen LogP contribution is 2.15. The zero-order valence-electron chi connectivity index (χ0n) is 18.7. The number of carbonyl (C=O) groups excluding carboxylic acids is 1. The van der Waals surface area contributed by atoms with Crippen LogP contribution in [0.3, 0.4) is 0 Å². The number of rotatable bonds is 6. The van der Waals surface area contributed by atoms with Gasteiger partial charge >= 0.3 is 0 Å². The minimum atomic E-state index is -0.180. The van der Waals surface area contributed by atoms with Gasteiger partial charge in [-0.25, -0.2) is 4.98 Å². The van der Waals surface area contributed by atoms with E-state index in [4.69, 9.17) is 0 Å². The number of hydrogen-bond acceptors (Lipinski definition) is 5. The Morgan fingerprint density at radius 1 is 1.03 bits per heavy atom. The van der Waals surface area contributed by atoms with Crippen LogP contribution >= 0.6 is 0 Å². The first kappa shape index (κ1) is 21.9. The van der Waals surface area contributed by atoms with Gasteiger partial charge in [0.05, 0.1) is 0 Å². The van der Waals surface area contributed by atoms with Crippen molar-refractivity contribution >= 4 is 5.91 Å². The Balaban J connectivity index is 1.32. The lowest BCUT2D eigenvalue weighted by atomic mass is 10.1. The number of aromatic amines is 1. The first-order valence-electron chi connectivity index (χ1n) is 11.1. The largest absolute Gasteiger partial charge is 0.340 e. The molecule has 1 amide bonds. The molecule has 0 radical (unpaired) electrons. The summed E-state index contributed by atoms with van der Waals surface area (Å²) in [5.74, 6) is 0.618. The number of benzene rings is 1. The number of nitrogens with one attached hydrogen (secondary N) is 1. The maximum Gasteiger partial charge on any atom is 0.254 e. The molecule has 1 aliphatic rings. The van der Waals surface area contributed by atoms with Crippen molar-refractivity contribution in [2.75, 3.05) is 26.2 Å². The van der Waals surface area contributed by atoms with Gasteiger partial charge in [-0.2, -0.15) is 0 Å². The first-order valence-corrected chi connectivity index (χ1v) is 11.1. The van der Waals surface area contributed by atoms with Gasteiger partial charge in [0, 0.05) is 68.4 Å². The van der Waals surface area contributed by atoms with E-state index in [1.807, 2.05) is 11.8 Å². The Kier molecular flexibility index (Phi) is 6.75. The molecule has 3 aromatic rings. The summed E-state index contributed by atoms with van der Waals surface area (Å²) >= 11 is 0. The molecule has 3 heterocycles. The molecule has 2 aromatic heterocycles. The van der Waals surface area contributed by atoms with Crippen molar-refractivity contribution < 1.29 is 4.79 Å². The second kappa shape index (κ2) is 9.87. The van der Waals surface area contributed by atoms with Crippen molar-refractivity contribution in [1.82, 2.24) is 24.8 Å². The number of H-pyrrole nitrogens is 1. The van der Waals surface area contributed by atoms with E-state index in [-0.39, 0.29) is 11.5 Å². The van der Waals surface area contributed by atoms with E-state index in [9.17, 15) is 9.59 Å². The fourth-order valence-electron chi connectivity index (χ4n) is 4.13. The van der Waals surface area contributed by atoms with Crippen LogP contribution in [0.15, 0.2) is 53.6 Å². The molecule has 7 nitrogen and oxygen atoms in total. The molecule has 1 fully saturated rings. The quantitative estimate of drug-likeness (QED) is 0.649. The van der Waals surface area contributed by atoms with Crippen molar-refractivity contribution in [3.63, 3.8) is 0 Å². The number of amides is 1. The van der Waals surface area contributed by atoms with Crippen molar-refractivity contribution in [3.05, 3.63) is 81.5 Å². The van der Waals surface area contributed by atoms with Crippen LogP contribution in [0, 0.1) is 13.8 Å². The summed E-state index contributed by atoms with van der Waals surface area (Å²) in [4.78, 5) is 41.1. The molecule has 7 heteroatoms. The molecule has 0 aliphatic carbocycles. The van der Waals surface area contributed by atoms with E-state index < -0.39 is 0 Å². The summed E-state index contributed by atoms with van der Waals surface area (Å²) in [5.41, 5.74) is 4.51. The summed E-state index contributed by atoms with van der Waals surface area (Å²) < 4.78 is 0. The predicted octanol–water partition coefficient (Wildman–Crippen LogP) is 2.73. The van der Waals surface area contributed by atoms with E-state index in [0.717, 1.165) is 38.3 Å². The molecular weight excluding hydrogens is 402 g/mol. The fraction of sp³-hybridized carbons (Fsp3) is 0.360. The number of nitrogens with zero attached hydrogens (tertiary/aromatic N) is 4. The highest BCUT2D eigenvalue weighted by molar-refractivity contribution is 5.76. The lowest BCUT2D eigenvalue weighted by Gasteiger charge is -2.35. The molecule has 0 atom stereocenters. The summed E-state index contributed by atoms with van der Waals surface area (Å²) in [5, 5.41) is 0. The van der Waals surface area contributed by atoms with Gasteiger partial charge in [-0.3, -0.25) is 19.5 Å². The molecule has 0 saturated carbocycles. The van der Waals surface area contributed by atoms with E-state index in [1.54, 1.807) is 24.5 Å². The molecule has 32 heavy (non-hydrogen) atoms. The van der Waals surface area contributed by atoms with Crippen LogP contribution in [0.5, 0.6) is 0 Å². The topological polar surface area (TPSA) is 82.2 Å². The van der Waals surface area contributed by atoms with E-state index >= 15 is 0 Å². The minimum Gasteiger partial charge on any atom is -0.340 e. The van der Waals surface area contributed by atoms with Gasteiger partial charge in [-0.15, -0.1) is 0 Å². The predicted molar refractivity (Wildman–Crippen MR) is 124 cm³/mol. The molecule has 1 saturated heterocycles. The van der Waals surface area contributed by atoms with Gasteiger partial charge in [0.1, 0.15) is 5.82 Å². The number of aryl methyl sites for hydroxylation is 2. The molecule has 1 N–H and O–H groups in total. The molecule has 166 valence electrons. The number of aromatic nitrogens is 3. The van der Waals surface area contributed by atoms with Gasteiger partial charge in [-0.05, 0) is 43.5 Å². The molecule has 1 aliphatic heterocycles. The highest BCUT2D eigenvalue weighted by atomic mass is 16.2. The average molecular weight is 432 g/mol. The lowest BCUT2D eigenvalue weighted by Crippen LogP contribution is -2.48. The van der Waals surface area contributed by atoms with Crippen LogP contribution in [0.2, 0.25) is 0 Å². The van der Waals surface area contributed by atoms with Gasteiger partial charge < -0.3 is 9.88 Å². The standard InChI is InChI=1S/C25H29N5O2/c1-18-5-3-4-6-21(18)17-29-13-15-30(16-14-29)23(31)8-7-22-19(2)27-24(28-25(22)32)20-9-11-26-12-10-20/h3-6,9-12H,7-8,13-17H2,1-2H3,(H,27,28,32). The minimum absolute atomic E-state index is 0.0950. The van der Waals surface area contributed by atoms with Crippen molar-refractivity contribution in [2.24, 2.45) is 0 Å². The van der Waals surface area contributed by atoms with Gasteiger partial charge in [0.2, 0.25) is 5.91 Å². The van der Waals surface area contributed by atoms with Crippen LogP contribution < -0.4 is 5.56 Å². The van der Waals surface area contributed by atoms with Crippen LogP contribution in [0.25, 0.3) is 11.4 Å². The Morgan fingerprint density at radius 2 is 1.75 bits per heavy atom. The van der Waals surface area contributed by atoms with Crippen LogP contribution in [-0.4, -0.2) is 56.8 Å². The van der Waals surface area contributed by atoms with Gasteiger partial charge in [-0.1, -0.05) is 24.3 Å². The number of pyridine rings is 1. The molecule has 1 aromatic carbocycles. The maximum atomic E-state index is 12.8. The van der Waals surface area contributed by atoms with Crippen LogP contribution in [0.4, 0.5) is 0 Å². The summed E-state index contributed by atoms with van der Waals surface area (Å²) in [6.45, 7) is 8.04. The number of hydrogen-bond donors (Lipinski definition) is 1. The zero-order valence-corrected chi connectivity index (χ0v) is 18.7. The molecular formula is C25H29N5O2. The number of carbonyl (C=O) groups is 1. The van der Waals surface area contributed by atoms with Crippen molar-refractivity contribution in [3.8, 4) is 11.4 Å². The first-order chi connectivity index (χ1) is 15.5. The Labute approximate surface area is 188 Å². The van der Waals surface area contributed by atoms with E-state index in [0.29, 0.717) is 29.9 Å². The SMILES string of the molecule is Cc1ccccc1CN1CCN(C(=O)CCc2c(C)nc(-c3ccncc3)[nH]c2=O)CC1. The third kappa shape index (κ3) is 5.11. The monoisotopic (exact) mass is 431 g/mol. The summed E-state index contributed by atoms with van der Waals surface area (Å²) in [6, 6.07) is 12.0. The van der Waals surface area contributed by atoms with E-state index in [1.165, 1.54) is 11.1 Å². The number of piperazine rings is 1. The average Bonchev–Trinajstić information content (AvgIpc) is 2.81. The highest BCUT2D eigenvalue weighted by Gasteiger charge is 2.22. The Hall–Kier alpha value is -3.32. The third-order valence-electron chi connectivity index (χ3n) is 6.15.